The summed E-state index contributed by atoms with van der Waals surface area (Å²) in [7, 11) is 3.23. The molecule has 2 heterocycles. The number of hydrogen-bond acceptors (Lipinski definition) is 8. The van der Waals surface area contributed by atoms with Crippen LogP contribution in [0.15, 0.2) is 0 Å². The van der Waals surface area contributed by atoms with Gasteiger partial charge in [-0.25, -0.2) is 0 Å². The largest absolute Gasteiger partial charge is 0.481 e. The third-order valence-electron chi connectivity index (χ3n) is 4.72. The molecule has 0 aromatic rings. The van der Waals surface area contributed by atoms with Crippen LogP contribution in [0.25, 0.3) is 0 Å². The normalized spacial score (nSPS) is 21.3. The highest BCUT2D eigenvalue weighted by Crippen LogP contribution is 2.16. The number of carboxylic acid groups (broad SMARTS) is 2. The standard InChI is InChI=1S/2C6H9NO3.C5H12O4/c2*1-7-3-4(6(9)10)2-5(7)8;6-1-5(2-7,3-8)4-9/h2*4H,2-3H2,1H3,(H,9,10);6-9H,1-4H2. The lowest BCUT2D eigenvalue weighted by Gasteiger charge is -2.23. The maximum absolute atomic E-state index is 10.8. The van der Waals surface area contributed by atoms with Gasteiger partial charge in [0.2, 0.25) is 11.8 Å². The fourth-order valence-electron chi connectivity index (χ4n) is 2.36. The molecule has 2 rings (SSSR count). The fourth-order valence-corrected chi connectivity index (χ4v) is 2.36. The van der Waals surface area contributed by atoms with Crippen molar-refractivity contribution in [3.8, 4) is 0 Å². The number of carbonyl (C=O) groups is 4. The van der Waals surface area contributed by atoms with Crippen LogP contribution in [0.3, 0.4) is 0 Å². The average molecular weight is 422 g/mol. The lowest BCUT2D eigenvalue weighted by atomic mass is 9.93. The Bertz CT molecular complexity index is 521. The summed E-state index contributed by atoms with van der Waals surface area (Å²) in [5.41, 5.74) is -1.11. The molecule has 12 nitrogen and oxygen atoms in total. The highest BCUT2D eigenvalue weighted by Gasteiger charge is 2.32. The van der Waals surface area contributed by atoms with Gasteiger partial charge in [-0.05, 0) is 0 Å². The minimum absolute atomic E-state index is 0.0765. The number of aliphatic hydroxyl groups excluding tert-OH is 4. The van der Waals surface area contributed by atoms with E-state index in [1.165, 1.54) is 9.80 Å². The summed E-state index contributed by atoms with van der Waals surface area (Å²) < 4.78 is 0. The predicted octanol–water partition coefficient (Wildman–Crippen LogP) is -2.96. The zero-order valence-electron chi connectivity index (χ0n) is 16.5. The van der Waals surface area contributed by atoms with Crippen LogP contribution in [-0.4, -0.2) is 118 Å². The first-order chi connectivity index (χ1) is 13.5. The molecule has 2 aliphatic heterocycles. The number of nitrogens with zero attached hydrogens (tertiary/aromatic N) is 2. The number of likely N-dealkylation sites (tertiary alicyclic amines) is 2. The van der Waals surface area contributed by atoms with Crippen molar-refractivity contribution in [3.05, 3.63) is 0 Å². The first-order valence-electron chi connectivity index (χ1n) is 8.83. The van der Waals surface area contributed by atoms with Crippen molar-refractivity contribution >= 4 is 23.8 Å². The van der Waals surface area contributed by atoms with E-state index in [0.717, 1.165) is 0 Å². The molecule has 2 fully saturated rings. The Labute approximate surface area is 168 Å². The number of amides is 2. The number of carboxylic acids is 2. The van der Waals surface area contributed by atoms with Gasteiger partial charge in [0, 0.05) is 40.0 Å². The summed E-state index contributed by atoms with van der Waals surface area (Å²) in [6.45, 7) is -0.914. The molecule has 0 aromatic carbocycles. The number of aliphatic carboxylic acids is 2. The van der Waals surface area contributed by atoms with Crippen molar-refractivity contribution in [2.24, 2.45) is 17.3 Å². The van der Waals surface area contributed by atoms with Crippen LogP contribution in [-0.2, 0) is 19.2 Å². The minimum Gasteiger partial charge on any atom is -0.481 e. The van der Waals surface area contributed by atoms with Crippen molar-refractivity contribution in [1.29, 1.82) is 0 Å². The lowest BCUT2D eigenvalue weighted by Crippen LogP contribution is -2.37. The summed E-state index contributed by atoms with van der Waals surface area (Å²) in [5.74, 6) is -2.88. The number of rotatable bonds is 6. The molecule has 0 radical (unpaired) electrons. The molecule has 29 heavy (non-hydrogen) atoms. The molecule has 0 saturated carbocycles. The van der Waals surface area contributed by atoms with Crippen LogP contribution in [0.1, 0.15) is 12.8 Å². The van der Waals surface area contributed by atoms with Gasteiger partial charge in [0.1, 0.15) is 0 Å². The van der Waals surface area contributed by atoms with E-state index >= 15 is 0 Å². The quantitative estimate of drug-likeness (QED) is 0.257. The Hall–Kier alpha value is -2.28. The zero-order chi connectivity index (χ0) is 22.8. The Morgan fingerprint density at radius 2 is 1.07 bits per heavy atom. The first-order valence-corrected chi connectivity index (χ1v) is 8.83. The SMILES string of the molecule is CN1CC(C(=O)O)CC1=O.CN1CC(C(=O)O)CC1=O.OCC(CO)(CO)CO. The van der Waals surface area contributed by atoms with Gasteiger partial charge in [0.15, 0.2) is 0 Å². The summed E-state index contributed by atoms with van der Waals surface area (Å²) in [4.78, 5) is 45.0. The number of carbonyl (C=O) groups excluding carboxylic acids is 2. The van der Waals surface area contributed by atoms with Crippen LogP contribution in [0.2, 0.25) is 0 Å². The molecule has 6 N–H and O–H groups in total. The van der Waals surface area contributed by atoms with Gasteiger partial charge in [0.05, 0.1) is 43.7 Å². The molecule has 0 aromatic heterocycles. The zero-order valence-corrected chi connectivity index (χ0v) is 16.5. The molecule has 12 heteroatoms. The summed E-state index contributed by atoms with van der Waals surface area (Å²) in [6.07, 6.45) is 0.317. The van der Waals surface area contributed by atoms with Crippen molar-refractivity contribution in [2.75, 3.05) is 53.6 Å². The fraction of sp³-hybridized carbons (Fsp3) is 0.765. The molecule has 168 valence electrons. The molecular formula is C17H30N2O10. The maximum Gasteiger partial charge on any atom is 0.308 e. The smallest absolute Gasteiger partial charge is 0.308 e. The molecule has 0 aliphatic carbocycles. The lowest BCUT2D eigenvalue weighted by molar-refractivity contribution is -0.142. The van der Waals surface area contributed by atoms with E-state index in [-0.39, 0.29) is 24.7 Å². The predicted molar refractivity (Wildman–Crippen MR) is 97.5 cm³/mol. The van der Waals surface area contributed by atoms with Crippen molar-refractivity contribution in [1.82, 2.24) is 9.80 Å². The maximum atomic E-state index is 10.8. The van der Waals surface area contributed by atoms with E-state index < -0.39 is 55.6 Å². The molecule has 2 unspecified atom stereocenters. The molecule has 2 aliphatic rings. The second-order valence-corrected chi connectivity index (χ2v) is 7.16. The Balaban J connectivity index is 0.000000407. The van der Waals surface area contributed by atoms with E-state index in [1.54, 1.807) is 14.1 Å². The second-order valence-electron chi connectivity index (χ2n) is 7.16. The van der Waals surface area contributed by atoms with Gasteiger partial charge in [-0.1, -0.05) is 0 Å². The Kier molecular flexibility index (Phi) is 11.3. The number of hydrogen-bond donors (Lipinski definition) is 6. The van der Waals surface area contributed by atoms with Crippen LogP contribution in [0.5, 0.6) is 0 Å². The Morgan fingerprint density at radius 1 is 0.793 bits per heavy atom. The number of aliphatic hydroxyl groups is 4. The van der Waals surface area contributed by atoms with Crippen molar-refractivity contribution in [3.63, 3.8) is 0 Å². The van der Waals surface area contributed by atoms with E-state index in [4.69, 9.17) is 30.6 Å². The summed E-state index contributed by atoms with van der Waals surface area (Å²) in [6, 6.07) is 0. The van der Waals surface area contributed by atoms with Crippen LogP contribution in [0, 0.1) is 17.3 Å². The van der Waals surface area contributed by atoms with Crippen LogP contribution < -0.4 is 0 Å². The monoisotopic (exact) mass is 422 g/mol. The van der Waals surface area contributed by atoms with E-state index in [2.05, 4.69) is 0 Å². The second kappa shape index (κ2) is 12.3. The molecule has 2 atom stereocenters. The first kappa shape index (κ1) is 26.7. The third kappa shape index (κ3) is 8.31. The summed E-state index contributed by atoms with van der Waals surface area (Å²) >= 11 is 0. The molecule has 2 amide bonds. The van der Waals surface area contributed by atoms with E-state index in [0.29, 0.717) is 13.1 Å². The molecule has 2 saturated heterocycles. The van der Waals surface area contributed by atoms with Crippen molar-refractivity contribution < 1.29 is 49.8 Å². The Morgan fingerprint density at radius 3 is 1.14 bits per heavy atom. The van der Waals surface area contributed by atoms with Crippen LogP contribution in [0.4, 0.5) is 0 Å². The summed E-state index contributed by atoms with van der Waals surface area (Å²) in [5, 5.41) is 50.9. The van der Waals surface area contributed by atoms with Gasteiger partial charge in [-0.2, -0.15) is 0 Å². The van der Waals surface area contributed by atoms with Crippen LogP contribution >= 0.6 is 0 Å². The van der Waals surface area contributed by atoms with E-state index in [1.807, 2.05) is 0 Å². The van der Waals surface area contributed by atoms with Crippen molar-refractivity contribution in [2.45, 2.75) is 12.8 Å². The van der Waals surface area contributed by atoms with Gasteiger partial charge in [0.25, 0.3) is 0 Å². The highest BCUT2D eigenvalue weighted by atomic mass is 16.4. The van der Waals surface area contributed by atoms with E-state index in [9.17, 15) is 19.2 Å². The molecule has 0 bridgehead atoms. The van der Waals surface area contributed by atoms with Gasteiger partial charge in [-0.15, -0.1) is 0 Å². The van der Waals surface area contributed by atoms with Gasteiger partial charge >= 0.3 is 11.9 Å². The third-order valence-corrected chi connectivity index (χ3v) is 4.72. The topological polar surface area (TPSA) is 196 Å². The minimum atomic E-state index is -1.11. The molecular weight excluding hydrogens is 392 g/mol. The van der Waals surface area contributed by atoms with Gasteiger partial charge in [-0.3, -0.25) is 19.2 Å². The average Bonchev–Trinajstić information content (AvgIpc) is 3.21. The van der Waals surface area contributed by atoms with Gasteiger partial charge < -0.3 is 40.4 Å². The highest BCUT2D eigenvalue weighted by molar-refractivity contribution is 5.86. The molecule has 0 spiro atoms.